The van der Waals surface area contributed by atoms with Gasteiger partial charge in [-0.15, -0.1) is 0 Å². The molecule has 1 atom stereocenters. The third-order valence-corrected chi connectivity index (χ3v) is 4.90. The summed E-state index contributed by atoms with van der Waals surface area (Å²) in [5, 5.41) is 5.47. The number of nitrogens with zero attached hydrogens (tertiary/aromatic N) is 2. The average molecular weight is 424 g/mol. The van der Waals surface area contributed by atoms with Crippen molar-refractivity contribution in [3.8, 4) is 0 Å². The first-order valence-corrected chi connectivity index (χ1v) is 10.5. The zero-order valence-corrected chi connectivity index (χ0v) is 18.6. The molecule has 2 heterocycles. The van der Waals surface area contributed by atoms with Crippen molar-refractivity contribution in [2.75, 3.05) is 6.54 Å². The van der Waals surface area contributed by atoms with Gasteiger partial charge in [0.1, 0.15) is 17.0 Å². The summed E-state index contributed by atoms with van der Waals surface area (Å²) in [6, 6.07) is 5.42. The third kappa shape index (κ3) is 5.02. The van der Waals surface area contributed by atoms with Gasteiger partial charge in [-0.1, -0.05) is 19.9 Å². The van der Waals surface area contributed by atoms with E-state index in [9.17, 15) is 14.4 Å². The minimum Gasteiger partial charge on any atom is -0.352 e. The summed E-state index contributed by atoms with van der Waals surface area (Å²) in [6.45, 7) is 10.6. The number of rotatable bonds is 7. The fourth-order valence-corrected chi connectivity index (χ4v) is 3.43. The van der Waals surface area contributed by atoms with Crippen molar-refractivity contribution >= 4 is 22.8 Å². The highest BCUT2D eigenvalue weighted by Gasteiger charge is 2.22. The lowest BCUT2D eigenvalue weighted by Crippen LogP contribution is -2.36. The Morgan fingerprint density at radius 3 is 2.45 bits per heavy atom. The van der Waals surface area contributed by atoms with Crippen molar-refractivity contribution in [1.82, 2.24) is 25.2 Å². The fraction of sp³-hybridized carbons (Fsp3) is 0.391. The van der Waals surface area contributed by atoms with Crippen molar-refractivity contribution in [3.05, 3.63) is 63.3 Å². The summed E-state index contributed by atoms with van der Waals surface area (Å²) in [5.41, 5.74) is 2.10. The van der Waals surface area contributed by atoms with Gasteiger partial charge in [0.25, 0.3) is 11.8 Å². The summed E-state index contributed by atoms with van der Waals surface area (Å²) in [4.78, 5) is 46.0. The van der Waals surface area contributed by atoms with Gasteiger partial charge in [0, 0.05) is 25.5 Å². The monoisotopic (exact) mass is 423 g/mol. The minimum atomic E-state index is -0.587. The van der Waals surface area contributed by atoms with Crippen LogP contribution < -0.4 is 16.1 Å². The molecule has 0 aliphatic rings. The molecule has 8 nitrogen and oxygen atoms in total. The predicted octanol–water partition coefficient (Wildman–Crippen LogP) is 2.93. The fourth-order valence-electron chi connectivity index (χ4n) is 3.43. The van der Waals surface area contributed by atoms with E-state index in [0.717, 1.165) is 16.6 Å². The first kappa shape index (κ1) is 22.3. The number of carbonyl (C=O) groups is 2. The molecule has 0 saturated heterocycles. The molecule has 0 unspecified atom stereocenters. The van der Waals surface area contributed by atoms with E-state index in [0.29, 0.717) is 18.9 Å². The Morgan fingerprint density at radius 2 is 1.81 bits per heavy atom. The van der Waals surface area contributed by atoms with Crippen molar-refractivity contribution in [3.63, 3.8) is 0 Å². The topological polar surface area (TPSA) is 109 Å². The van der Waals surface area contributed by atoms with Crippen molar-refractivity contribution < 1.29 is 9.59 Å². The smallest absolute Gasteiger partial charge is 0.257 e. The van der Waals surface area contributed by atoms with E-state index in [1.807, 2.05) is 39.0 Å². The van der Waals surface area contributed by atoms with Crippen LogP contribution in [-0.2, 0) is 6.54 Å². The predicted molar refractivity (Wildman–Crippen MR) is 120 cm³/mol. The van der Waals surface area contributed by atoms with E-state index in [4.69, 9.17) is 0 Å². The Labute approximate surface area is 181 Å². The maximum absolute atomic E-state index is 13.0. The molecule has 164 valence electrons. The number of nitrogens with one attached hydrogen (secondary N) is 3. The normalized spacial score (nSPS) is 12.2. The molecular formula is C23H29N5O3. The van der Waals surface area contributed by atoms with E-state index in [2.05, 4.69) is 20.6 Å². The quantitative estimate of drug-likeness (QED) is 0.543. The summed E-state index contributed by atoms with van der Waals surface area (Å²) in [6.07, 6.45) is 3.02. The van der Waals surface area contributed by atoms with E-state index >= 15 is 0 Å². The highest BCUT2D eigenvalue weighted by Crippen LogP contribution is 2.17. The number of hydrogen-bond acceptors (Lipinski definition) is 4. The van der Waals surface area contributed by atoms with Crippen LogP contribution in [0.4, 0.5) is 0 Å². The maximum Gasteiger partial charge on any atom is 0.257 e. The van der Waals surface area contributed by atoms with Crippen LogP contribution in [0.25, 0.3) is 11.0 Å². The molecule has 3 N–H and O–H groups in total. The molecule has 0 saturated carbocycles. The number of H-pyrrole nitrogens is 1. The molecule has 31 heavy (non-hydrogen) atoms. The number of fused-ring (bicyclic) bond motifs is 1. The van der Waals surface area contributed by atoms with E-state index < -0.39 is 23.3 Å². The molecule has 3 rings (SSSR count). The lowest BCUT2D eigenvalue weighted by molar-refractivity contribution is 0.0936. The Bertz CT molecular complexity index is 1180. The number of aromatic nitrogens is 3. The molecule has 1 aromatic carbocycles. The molecule has 0 fully saturated rings. The van der Waals surface area contributed by atoms with Crippen molar-refractivity contribution in [1.29, 1.82) is 0 Å². The van der Waals surface area contributed by atoms with E-state index in [1.54, 1.807) is 18.4 Å². The summed E-state index contributed by atoms with van der Waals surface area (Å²) < 4.78 is 1.72. The van der Waals surface area contributed by atoms with Crippen LogP contribution in [0.2, 0.25) is 0 Å². The highest BCUT2D eigenvalue weighted by molar-refractivity contribution is 5.99. The minimum absolute atomic E-state index is 0.0398. The molecular weight excluding hydrogens is 394 g/mol. The van der Waals surface area contributed by atoms with Gasteiger partial charge in [0.2, 0.25) is 5.43 Å². The van der Waals surface area contributed by atoms with Gasteiger partial charge in [0.05, 0.1) is 17.1 Å². The van der Waals surface area contributed by atoms with Gasteiger partial charge in [-0.2, -0.15) is 0 Å². The standard InChI is InChI=1S/C23H29N5O3/c1-6-24-22(30)16-11-28(10-13(2)3)12-17(20(16)29)23(31)25-15(5)21-26-18-8-7-14(4)9-19(18)27-21/h7-9,11-13,15H,6,10H2,1-5H3,(H,24,30)(H,25,31)(H,26,27)/t15-/m0/s1. The molecule has 0 bridgehead atoms. The number of amides is 2. The Kier molecular flexibility index (Phi) is 6.58. The van der Waals surface area contributed by atoms with E-state index in [1.165, 1.54) is 12.4 Å². The lowest BCUT2D eigenvalue weighted by atomic mass is 10.1. The number of aromatic amines is 1. The van der Waals surface area contributed by atoms with Crippen LogP contribution in [0.15, 0.2) is 35.4 Å². The molecule has 2 amide bonds. The number of aryl methyl sites for hydroxylation is 1. The second-order valence-electron chi connectivity index (χ2n) is 8.20. The summed E-state index contributed by atoms with van der Waals surface area (Å²) >= 11 is 0. The average Bonchev–Trinajstić information content (AvgIpc) is 3.12. The lowest BCUT2D eigenvalue weighted by Gasteiger charge is -2.15. The van der Waals surface area contributed by atoms with Gasteiger partial charge in [-0.05, 0) is 44.4 Å². The van der Waals surface area contributed by atoms with Gasteiger partial charge in [-0.25, -0.2) is 4.98 Å². The number of pyridine rings is 1. The van der Waals surface area contributed by atoms with Crippen LogP contribution in [-0.4, -0.2) is 32.9 Å². The van der Waals surface area contributed by atoms with Gasteiger partial charge in [-0.3, -0.25) is 14.4 Å². The van der Waals surface area contributed by atoms with Crippen molar-refractivity contribution in [2.45, 2.75) is 47.2 Å². The largest absolute Gasteiger partial charge is 0.352 e. The van der Waals surface area contributed by atoms with Crippen LogP contribution >= 0.6 is 0 Å². The first-order valence-electron chi connectivity index (χ1n) is 10.5. The second kappa shape index (κ2) is 9.16. The van der Waals surface area contributed by atoms with E-state index in [-0.39, 0.29) is 17.0 Å². The maximum atomic E-state index is 13.0. The van der Waals surface area contributed by atoms with Gasteiger partial charge < -0.3 is 20.2 Å². The molecule has 0 aliphatic heterocycles. The summed E-state index contributed by atoms with van der Waals surface area (Å²) in [7, 11) is 0. The molecule has 0 radical (unpaired) electrons. The van der Waals surface area contributed by atoms with Crippen LogP contribution in [0.3, 0.4) is 0 Å². The summed E-state index contributed by atoms with van der Waals surface area (Å²) in [5.74, 6) is -0.159. The first-order chi connectivity index (χ1) is 14.7. The molecule has 2 aromatic heterocycles. The number of hydrogen-bond donors (Lipinski definition) is 3. The Morgan fingerprint density at radius 1 is 1.13 bits per heavy atom. The molecule has 0 spiro atoms. The van der Waals surface area contributed by atoms with Gasteiger partial charge in [0.15, 0.2) is 0 Å². The number of carbonyl (C=O) groups excluding carboxylic acids is 2. The third-order valence-electron chi connectivity index (χ3n) is 4.90. The number of imidazole rings is 1. The molecule has 0 aliphatic carbocycles. The van der Waals surface area contributed by atoms with Crippen LogP contribution in [0.5, 0.6) is 0 Å². The highest BCUT2D eigenvalue weighted by atomic mass is 16.2. The SMILES string of the molecule is CCNC(=O)c1cn(CC(C)C)cc(C(=O)N[C@@H](C)c2nc3ccc(C)cc3[nH]2)c1=O. The second-order valence-corrected chi connectivity index (χ2v) is 8.20. The molecule has 3 aromatic rings. The molecule has 8 heteroatoms. The Balaban J connectivity index is 1.92. The zero-order chi connectivity index (χ0) is 22.7. The Hall–Kier alpha value is -3.42. The zero-order valence-electron chi connectivity index (χ0n) is 18.6. The number of benzene rings is 1. The van der Waals surface area contributed by atoms with Crippen molar-refractivity contribution in [2.24, 2.45) is 5.92 Å². The van der Waals surface area contributed by atoms with Gasteiger partial charge >= 0.3 is 0 Å². The van der Waals surface area contributed by atoms with Crippen LogP contribution in [0, 0.1) is 12.8 Å². The van der Waals surface area contributed by atoms with Crippen LogP contribution in [0.1, 0.15) is 65.8 Å².